The largest absolute Gasteiger partial charge is 0.756 e. The van der Waals surface area contributed by atoms with Crippen molar-refractivity contribution >= 4 is 25.5 Å². The molecule has 1 aliphatic carbocycles. The molecule has 0 radical (unpaired) electrons. The van der Waals surface area contributed by atoms with E-state index < -0.39 is 50.6 Å². The van der Waals surface area contributed by atoms with Gasteiger partial charge in [-0.1, -0.05) is 146 Å². The van der Waals surface area contributed by atoms with E-state index in [0.717, 1.165) is 83.5 Å². The van der Waals surface area contributed by atoms with Crippen LogP contribution < -0.4 is 4.89 Å². The van der Waals surface area contributed by atoms with Gasteiger partial charge < -0.3 is 38.1 Å². The van der Waals surface area contributed by atoms with E-state index in [1.54, 1.807) is 12.2 Å². The molecule has 0 aromatic heterocycles. The number of nitrogens with zero attached hydrogens (tertiary/aromatic N) is 1. The Kier molecular flexibility index (Phi) is 35.0. The van der Waals surface area contributed by atoms with Crippen LogP contribution >= 0.6 is 7.82 Å². The van der Waals surface area contributed by atoms with Gasteiger partial charge in [-0.15, -0.1) is 0 Å². The number of phosphoric acid groups is 1. The first kappa shape index (κ1) is 59.6. The molecule has 0 aromatic rings. The normalized spacial score (nSPS) is 19.1. The van der Waals surface area contributed by atoms with Crippen LogP contribution in [-0.2, 0) is 37.5 Å². The van der Waals surface area contributed by atoms with E-state index in [2.05, 4.69) is 50.3 Å². The molecule has 13 heteroatoms. The fourth-order valence-electron chi connectivity index (χ4n) is 7.51. The van der Waals surface area contributed by atoms with Crippen molar-refractivity contribution in [3.63, 3.8) is 0 Å². The van der Waals surface area contributed by atoms with Crippen LogP contribution in [0.3, 0.4) is 0 Å². The van der Waals surface area contributed by atoms with Crippen molar-refractivity contribution in [1.29, 1.82) is 0 Å². The minimum atomic E-state index is -4.70. The van der Waals surface area contributed by atoms with Gasteiger partial charge in [0.05, 0.1) is 40.0 Å². The molecule has 0 bridgehead atoms. The number of allylic oxidation sites excluding steroid dienone is 7. The second kappa shape index (κ2) is 37.6. The molecule has 1 unspecified atom stereocenters. The lowest BCUT2D eigenvalue weighted by Crippen LogP contribution is -2.37. The van der Waals surface area contributed by atoms with Crippen LogP contribution in [0.4, 0.5) is 0 Å². The van der Waals surface area contributed by atoms with Gasteiger partial charge in [0.25, 0.3) is 7.82 Å². The summed E-state index contributed by atoms with van der Waals surface area (Å²) < 4.78 is 34.0. The number of hydrogen-bond acceptors (Lipinski definition) is 11. The maximum Gasteiger partial charge on any atom is 0.306 e. The summed E-state index contributed by atoms with van der Waals surface area (Å²) in [7, 11) is 1.01. The number of ketones is 1. The number of carbonyl (C=O) groups is 3. The minimum Gasteiger partial charge on any atom is -0.756 e. The molecule has 64 heavy (non-hydrogen) atoms. The maximum absolute atomic E-state index is 12.8. The predicted octanol–water partition coefficient (Wildman–Crippen LogP) is 10.6. The first-order valence-corrected chi connectivity index (χ1v) is 26.4. The molecule has 1 rings (SSSR count). The fourth-order valence-corrected chi connectivity index (χ4v) is 8.24. The minimum absolute atomic E-state index is 0.00276. The van der Waals surface area contributed by atoms with Gasteiger partial charge in [-0.25, -0.2) is 0 Å². The molecule has 0 saturated heterocycles. The molecule has 370 valence electrons. The number of phosphoric ester groups is 1. The Bertz CT molecular complexity index is 1390. The Hall–Kier alpha value is -2.44. The molecule has 0 heterocycles. The van der Waals surface area contributed by atoms with Crippen LogP contribution in [0.15, 0.2) is 48.6 Å². The molecule has 0 aliphatic heterocycles. The zero-order valence-corrected chi connectivity index (χ0v) is 41.6. The van der Waals surface area contributed by atoms with Gasteiger partial charge in [-0.2, -0.15) is 0 Å². The SMILES string of the molecule is CCCCCC/C=C\C/C=C\C/C=C\CCCCCCCCC(=O)OC[C@H](COP(=O)([O-])OCC[N+](C)(C)C)OC(=O)CCCCCC[C@H]1[C@@H](O)CC(=O)[C@@H]1/C=C/[C@@H](O)CCCCC. The number of aliphatic hydroxyl groups excluding tert-OH is 2. The quantitative estimate of drug-likeness (QED) is 0.0197. The summed E-state index contributed by atoms with van der Waals surface area (Å²) in [6.07, 6.45) is 37.5. The number of likely N-dealkylation sites (N-methyl/N-ethyl adjacent to an activating group) is 1. The lowest BCUT2D eigenvalue weighted by Gasteiger charge is -2.28. The van der Waals surface area contributed by atoms with Crippen LogP contribution in [0.1, 0.15) is 181 Å². The third kappa shape index (κ3) is 34.0. The smallest absolute Gasteiger partial charge is 0.306 e. The highest BCUT2D eigenvalue weighted by atomic mass is 31.2. The van der Waals surface area contributed by atoms with E-state index in [-0.39, 0.29) is 44.2 Å². The number of esters is 2. The van der Waals surface area contributed by atoms with Crippen molar-refractivity contribution in [2.75, 3.05) is 47.5 Å². The Labute approximate surface area is 388 Å². The molecular formula is C51H90NO11P. The van der Waals surface area contributed by atoms with Crippen molar-refractivity contribution in [2.45, 2.75) is 199 Å². The first-order valence-electron chi connectivity index (χ1n) is 24.9. The Morgan fingerprint density at radius 1 is 0.750 bits per heavy atom. The van der Waals surface area contributed by atoms with Crippen LogP contribution in [0.5, 0.6) is 0 Å². The van der Waals surface area contributed by atoms with Crippen LogP contribution in [-0.4, -0.2) is 98.2 Å². The summed E-state index contributed by atoms with van der Waals surface area (Å²) in [5.74, 6) is -1.61. The summed E-state index contributed by atoms with van der Waals surface area (Å²) >= 11 is 0. The second-order valence-corrected chi connectivity index (χ2v) is 20.0. The van der Waals surface area contributed by atoms with Gasteiger partial charge in [0.2, 0.25) is 0 Å². The molecular weight excluding hydrogens is 834 g/mol. The number of ether oxygens (including phenoxy) is 2. The van der Waals surface area contributed by atoms with Crippen molar-refractivity contribution in [2.24, 2.45) is 11.8 Å². The summed E-state index contributed by atoms with van der Waals surface area (Å²) in [6.45, 7) is 3.82. The number of carbonyl (C=O) groups excluding carboxylic acids is 3. The lowest BCUT2D eigenvalue weighted by molar-refractivity contribution is -0.870. The van der Waals surface area contributed by atoms with Gasteiger partial charge >= 0.3 is 11.9 Å². The van der Waals surface area contributed by atoms with Gasteiger partial charge in [0.1, 0.15) is 25.5 Å². The number of unbranched alkanes of at least 4 members (excludes halogenated alkanes) is 15. The Morgan fingerprint density at radius 3 is 1.92 bits per heavy atom. The number of Topliss-reactive ketones (excluding diaryl/α,β-unsaturated/α-hetero) is 1. The van der Waals surface area contributed by atoms with Gasteiger partial charge in [-0.3, -0.25) is 18.9 Å². The topological polar surface area (TPSA) is 169 Å². The van der Waals surface area contributed by atoms with E-state index in [4.69, 9.17) is 18.5 Å². The van der Waals surface area contributed by atoms with E-state index in [1.165, 1.54) is 32.1 Å². The zero-order valence-electron chi connectivity index (χ0n) is 40.7. The van der Waals surface area contributed by atoms with E-state index >= 15 is 0 Å². The summed E-state index contributed by atoms with van der Waals surface area (Å²) in [5.41, 5.74) is 0. The third-order valence-electron chi connectivity index (χ3n) is 11.5. The summed E-state index contributed by atoms with van der Waals surface area (Å²) in [4.78, 5) is 50.5. The van der Waals surface area contributed by atoms with Crippen molar-refractivity contribution in [3.05, 3.63) is 48.6 Å². The summed E-state index contributed by atoms with van der Waals surface area (Å²) in [6, 6.07) is 0. The Balaban J connectivity index is 2.42. The molecule has 0 spiro atoms. The predicted molar refractivity (Wildman–Crippen MR) is 255 cm³/mol. The molecule has 2 N–H and O–H groups in total. The summed E-state index contributed by atoms with van der Waals surface area (Å²) in [5, 5.41) is 20.8. The number of rotatable bonds is 41. The van der Waals surface area contributed by atoms with Crippen LogP contribution in [0.25, 0.3) is 0 Å². The highest BCUT2D eigenvalue weighted by molar-refractivity contribution is 7.45. The average Bonchev–Trinajstić information content (AvgIpc) is 3.51. The van der Waals surface area contributed by atoms with Crippen molar-refractivity contribution < 1.29 is 57.1 Å². The van der Waals surface area contributed by atoms with E-state index in [9.17, 15) is 34.1 Å². The van der Waals surface area contributed by atoms with Gasteiger partial charge in [-0.05, 0) is 70.1 Å². The first-order chi connectivity index (χ1) is 30.7. The van der Waals surface area contributed by atoms with E-state index in [0.29, 0.717) is 43.1 Å². The van der Waals surface area contributed by atoms with Gasteiger partial charge in [0, 0.05) is 25.2 Å². The van der Waals surface area contributed by atoms with Crippen LogP contribution in [0, 0.1) is 11.8 Å². The average molecular weight is 924 g/mol. The molecule has 0 amide bonds. The van der Waals surface area contributed by atoms with Gasteiger partial charge in [0.15, 0.2) is 6.10 Å². The van der Waals surface area contributed by atoms with Crippen LogP contribution in [0.2, 0.25) is 0 Å². The molecule has 1 fully saturated rings. The molecule has 1 saturated carbocycles. The number of quaternary nitrogens is 1. The van der Waals surface area contributed by atoms with Crippen molar-refractivity contribution in [3.8, 4) is 0 Å². The second-order valence-electron chi connectivity index (χ2n) is 18.6. The lowest BCUT2D eigenvalue weighted by atomic mass is 9.88. The third-order valence-corrected chi connectivity index (χ3v) is 12.4. The highest BCUT2D eigenvalue weighted by Gasteiger charge is 2.39. The fraction of sp³-hybridized carbons (Fsp3) is 0.784. The van der Waals surface area contributed by atoms with Crippen molar-refractivity contribution in [1.82, 2.24) is 0 Å². The molecule has 12 nitrogen and oxygen atoms in total. The standard InChI is InChI=1S/C51H90NO11P/c1-6-8-10-11-12-13-14-15-16-17-18-19-20-21-22-23-24-25-26-31-35-50(56)60-42-45(43-62-64(58,59)61-40-39-52(3,4)5)63-51(57)36-32-28-27-30-34-46-47(49(55)41-48(46)54)38-37-44(53)33-29-9-7-2/h13-14,16-17,19-20,37-38,44-48,53-54H,6-12,15,18,21-36,39-43H2,1-5H3/b14-13-,17-16-,20-19-,38-37+/t44-,45+,46+,47+,48-/m0/s1. The molecule has 6 atom stereocenters. The Morgan fingerprint density at radius 2 is 1.30 bits per heavy atom. The highest BCUT2D eigenvalue weighted by Crippen LogP contribution is 2.38. The maximum atomic E-state index is 12.8. The number of aliphatic hydroxyl groups is 2. The zero-order chi connectivity index (χ0) is 47.3. The van der Waals surface area contributed by atoms with E-state index in [1.807, 2.05) is 21.1 Å². The molecule has 1 aliphatic rings. The number of hydrogen-bond donors (Lipinski definition) is 2. The molecule has 0 aromatic carbocycles. The monoisotopic (exact) mass is 924 g/mol.